The molecular weight excluding hydrogens is 272 g/mol. The fraction of sp³-hybridized carbons (Fsp3) is 0. The lowest BCUT2D eigenvalue weighted by Gasteiger charge is -1.91. The first kappa shape index (κ1) is 7.57. The van der Waals surface area contributed by atoms with Crippen LogP contribution >= 0.6 is 45.8 Å². The van der Waals surface area contributed by atoms with E-state index in [4.69, 9.17) is 23.2 Å². The van der Waals surface area contributed by atoms with E-state index in [0.717, 1.165) is 3.70 Å². The molecule has 4 heteroatoms. The molecule has 0 fully saturated rings. The third kappa shape index (κ3) is 2.27. The van der Waals surface area contributed by atoms with E-state index >= 15 is 0 Å². The van der Waals surface area contributed by atoms with Gasteiger partial charge < -0.3 is 0 Å². The molecule has 9 heavy (non-hydrogen) atoms. The van der Waals surface area contributed by atoms with Crippen LogP contribution in [-0.4, -0.2) is 4.98 Å². The topological polar surface area (TPSA) is 12.9 Å². The van der Waals surface area contributed by atoms with Gasteiger partial charge in [-0.15, -0.1) is 0 Å². The van der Waals surface area contributed by atoms with Crippen LogP contribution in [0.1, 0.15) is 0 Å². The van der Waals surface area contributed by atoms with Crippen LogP contribution in [0.15, 0.2) is 12.1 Å². The molecule has 1 aromatic rings. The Morgan fingerprint density at radius 1 is 1.33 bits per heavy atom. The smallest absolute Gasteiger partial charge is 0.131 e. The summed E-state index contributed by atoms with van der Waals surface area (Å²) < 4.78 is 0.810. The summed E-state index contributed by atoms with van der Waals surface area (Å²) >= 11 is 13.2. The molecule has 0 saturated carbocycles. The Hall–Kier alpha value is 0.460. The van der Waals surface area contributed by atoms with Gasteiger partial charge >= 0.3 is 0 Å². The third-order valence-electron chi connectivity index (χ3n) is 0.728. The number of pyridine rings is 1. The summed E-state index contributed by atoms with van der Waals surface area (Å²) in [5.74, 6) is 0. The normalized spacial score (nSPS) is 9.67. The van der Waals surface area contributed by atoms with Crippen LogP contribution in [0, 0.1) is 3.70 Å². The van der Waals surface area contributed by atoms with Gasteiger partial charge in [0.25, 0.3) is 0 Å². The molecule has 0 atom stereocenters. The summed E-state index contributed by atoms with van der Waals surface area (Å²) in [7, 11) is 0. The standard InChI is InChI=1S/C5H2Cl2IN/c6-3-1-4(7)9-5(8)2-3/h1-2H. The lowest BCUT2D eigenvalue weighted by atomic mass is 10.5. The predicted molar refractivity (Wildman–Crippen MR) is 47.0 cm³/mol. The van der Waals surface area contributed by atoms with Gasteiger partial charge in [-0.2, -0.15) is 0 Å². The van der Waals surface area contributed by atoms with Crippen LogP contribution in [0.25, 0.3) is 0 Å². The Labute approximate surface area is 76.5 Å². The number of hydrogen-bond acceptors (Lipinski definition) is 1. The Balaban J connectivity index is 3.17. The van der Waals surface area contributed by atoms with Crippen molar-refractivity contribution in [3.05, 3.63) is 26.0 Å². The van der Waals surface area contributed by atoms with E-state index in [0.29, 0.717) is 10.2 Å². The first-order valence-electron chi connectivity index (χ1n) is 2.17. The highest BCUT2D eigenvalue weighted by Gasteiger charge is 1.93. The van der Waals surface area contributed by atoms with Gasteiger partial charge in [-0.1, -0.05) is 23.2 Å². The minimum Gasteiger partial charge on any atom is -0.230 e. The molecule has 0 radical (unpaired) electrons. The Morgan fingerprint density at radius 3 is 2.44 bits per heavy atom. The molecule has 0 aliphatic heterocycles. The number of nitrogens with zero attached hydrogens (tertiary/aromatic N) is 1. The molecule has 0 unspecified atom stereocenters. The highest BCUT2D eigenvalue weighted by molar-refractivity contribution is 14.1. The Morgan fingerprint density at radius 2 is 2.00 bits per heavy atom. The van der Waals surface area contributed by atoms with E-state index in [2.05, 4.69) is 27.6 Å². The molecular formula is C5H2Cl2IN. The van der Waals surface area contributed by atoms with Crippen molar-refractivity contribution in [2.45, 2.75) is 0 Å². The van der Waals surface area contributed by atoms with E-state index in [1.54, 1.807) is 12.1 Å². The summed E-state index contributed by atoms with van der Waals surface area (Å²) in [6.45, 7) is 0. The summed E-state index contributed by atoms with van der Waals surface area (Å²) in [5, 5.41) is 1.06. The summed E-state index contributed by atoms with van der Waals surface area (Å²) in [5.41, 5.74) is 0. The molecule has 0 aliphatic carbocycles. The lowest BCUT2D eigenvalue weighted by Crippen LogP contribution is -1.78. The van der Waals surface area contributed by atoms with E-state index in [1.165, 1.54) is 0 Å². The highest BCUT2D eigenvalue weighted by atomic mass is 127. The monoisotopic (exact) mass is 273 g/mol. The first-order chi connectivity index (χ1) is 4.18. The number of rotatable bonds is 0. The third-order valence-corrected chi connectivity index (χ3v) is 1.69. The fourth-order valence-corrected chi connectivity index (χ4v) is 1.83. The minimum absolute atomic E-state index is 0.437. The second kappa shape index (κ2) is 3.03. The molecule has 0 aromatic carbocycles. The average Bonchev–Trinajstić information content (AvgIpc) is 1.59. The van der Waals surface area contributed by atoms with Crippen molar-refractivity contribution in [1.82, 2.24) is 4.98 Å². The van der Waals surface area contributed by atoms with Crippen LogP contribution in [0.3, 0.4) is 0 Å². The van der Waals surface area contributed by atoms with Gasteiger partial charge in [0.05, 0.1) is 0 Å². The molecule has 0 N–H and O–H groups in total. The molecule has 48 valence electrons. The van der Waals surface area contributed by atoms with Crippen LogP contribution in [0.5, 0.6) is 0 Å². The molecule has 0 saturated heterocycles. The van der Waals surface area contributed by atoms with E-state index in [9.17, 15) is 0 Å². The minimum atomic E-state index is 0.437. The van der Waals surface area contributed by atoms with Crippen molar-refractivity contribution in [2.75, 3.05) is 0 Å². The molecule has 0 spiro atoms. The fourth-order valence-electron chi connectivity index (χ4n) is 0.436. The largest absolute Gasteiger partial charge is 0.230 e. The van der Waals surface area contributed by atoms with Crippen molar-refractivity contribution in [2.24, 2.45) is 0 Å². The lowest BCUT2D eigenvalue weighted by molar-refractivity contribution is 1.27. The van der Waals surface area contributed by atoms with Crippen LogP contribution in [-0.2, 0) is 0 Å². The predicted octanol–water partition coefficient (Wildman–Crippen LogP) is 2.99. The van der Waals surface area contributed by atoms with Crippen molar-refractivity contribution in [1.29, 1.82) is 0 Å². The zero-order valence-corrected chi connectivity index (χ0v) is 7.91. The van der Waals surface area contributed by atoms with E-state index in [-0.39, 0.29) is 0 Å². The van der Waals surface area contributed by atoms with Gasteiger partial charge in [0.1, 0.15) is 8.85 Å². The number of aromatic nitrogens is 1. The van der Waals surface area contributed by atoms with Crippen LogP contribution in [0.2, 0.25) is 10.2 Å². The summed E-state index contributed by atoms with van der Waals surface area (Å²) in [6, 6.07) is 3.35. The second-order valence-electron chi connectivity index (χ2n) is 1.43. The van der Waals surface area contributed by atoms with Crippen molar-refractivity contribution in [3.63, 3.8) is 0 Å². The first-order valence-corrected chi connectivity index (χ1v) is 4.00. The van der Waals surface area contributed by atoms with Crippen molar-refractivity contribution < 1.29 is 0 Å². The number of hydrogen-bond donors (Lipinski definition) is 0. The maximum absolute atomic E-state index is 5.62. The molecule has 1 heterocycles. The zero-order valence-electron chi connectivity index (χ0n) is 4.24. The van der Waals surface area contributed by atoms with Gasteiger partial charge in [0.15, 0.2) is 0 Å². The Bertz CT molecular complexity index is 176. The molecule has 0 bridgehead atoms. The molecule has 1 rings (SSSR count). The summed E-state index contributed by atoms with van der Waals surface area (Å²) in [4.78, 5) is 3.90. The SMILES string of the molecule is Clc1cc(Cl)nc(I)c1. The maximum Gasteiger partial charge on any atom is 0.131 e. The van der Waals surface area contributed by atoms with Gasteiger partial charge in [0, 0.05) is 5.02 Å². The molecule has 1 aromatic heterocycles. The van der Waals surface area contributed by atoms with Crippen molar-refractivity contribution >= 4 is 45.8 Å². The van der Waals surface area contributed by atoms with Gasteiger partial charge in [-0.05, 0) is 34.7 Å². The van der Waals surface area contributed by atoms with Gasteiger partial charge in [-0.25, -0.2) is 4.98 Å². The van der Waals surface area contributed by atoms with Crippen molar-refractivity contribution in [3.8, 4) is 0 Å². The quantitative estimate of drug-likeness (QED) is 0.523. The molecule has 0 amide bonds. The van der Waals surface area contributed by atoms with Gasteiger partial charge in [0.2, 0.25) is 0 Å². The maximum atomic E-state index is 5.62. The van der Waals surface area contributed by atoms with Crippen LogP contribution < -0.4 is 0 Å². The molecule has 0 aliphatic rings. The average molecular weight is 274 g/mol. The zero-order chi connectivity index (χ0) is 6.85. The summed E-state index contributed by atoms with van der Waals surface area (Å²) in [6.07, 6.45) is 0. The number of halogens is 3. The second-order valence-corrected chi connectivity index (χ2v) is 3.36. The van der Waals surface area contributed by atoms with Gasteiger partial charge in [-0.3, -0.25) is 0 Å². The van der Waals surface area contributed by atoms with E-state index < -0.39 is 0 Å². The molecule has 1 nitrogen and oxygen atoms in total. The Kier molecular flexibility index (Phi) is 2.55. The highest BCUT2D eigenvalue weighted by Crippen LogP contribution is 2.15. The van der Waals surface area contributed by atoms with Crippen LogP contribution in [0.4, 0.5) is 0 Å². The van der Waals surface area contributed by atoms with E-state index in [1.807, 2.05) is 0 Å².